The van der Waals surface area contributed by atoms with Gasteiger partial charge in [0.2, 0.25) is 11.7 Å². The zero-order chi connectivity index (χ0) is 15.4. The van der Waals surface area contributed by atoms with Crippen molar-refractivity contribution >= 4 is 10.9 Å². The summed E-state index contributed by atoms with van der Waals surface area (Å²) < 4.78 is 7.77. The first kappa shape index (κ1) is 13.3. The standard InChI is InChI=1S/C18H20N4O/c1-22-10-14(12-4-2-3-5-16(12)22)17-20-18(23-21-17)13-8-11-6-7-15(13)19-9-11/h2-5,10-11,13,15,19H,6-9H2,1H3. The molecule has 0 amide bonds. The summed E-state index contributed by atoms with van der Waals surface area (Å²) in [5, 5.41) is 9.07. The number of benzene rings is 1. The maximum Gasteiger partial charge on any atom is 0.231 e. The Kier molecular flexibility index (Phi) is 2.85. The van der Waals surface area contributed by atoms with Crippen molar-refractivity contribution in [1.29, 1.82) is 0 Å². The first-order valence-electron chi connectivity index (χ1n) is 8.41. The number of para-hydroxylation sites is 1. The summed E-state index contributed by atoms with van der Waals surface area (Å²) in [6.07, 6.45) is 5.82. The van der Waals surface area contributed by atoms with Crippen LogP contribution in [0.25, 0.3) is 22.3 Å². The van der Waals surface area contributed by atoms with E-state index in [1.165, 1.54) is 30.2 Å². The normalized spacial score (nSPS) is 26.9. The molecule has 23 heavy (non-hydrogen) atoms. The van der Waals surface area contributed by atoms with E-state index < -0.39 is 0 Å². The third kappa shape index (κ3) is 2.03. The first-order chi connectivity index (χ1) is 11.3. The highest BCUT2D eigenvalue weighted by atomic mass is 16.5. The van der Waals surface area contributed by atoms with Gasteiger partial charge in [-0.15, -0.1) is 0 Å². The second-order valence-electron chi connectivity index (χ2n) is 6.93. The van der Waals surface area contributed by atoms with E-state index in [1.54, 1.807) is 0 Å². The van der Waals surface area contributed by atoms with E-state index in [-0.39, 0.29) is 0 Å². The Morgan fingerprint density at radius 2 is 2.17 bits per heavy atom. The number of aryl methyl sites for hydroxylation is 1. The maximum atomic E-state index is 5.66. The first-order valence-corrected chi connectivity index (χ1v) is 8.41. The minimum absolute atomic E-state index is 0.374. The molecule has 5 heteroatoms. The van der Waals surface area contributed by atoms with Crippen molar-refractivity contribution in [2.24, 2.45) is 13.0 Å². The number of hydrogen-bond acceptors (Lipinski definition) is 4. The largest absolute Gasteiger partial charge is 0.350 e. The highest BCUT2D eigenvalue weighted by molar-refractivity contribution is 5.94. The van der Waals surface area contributed by atoms with Crippen LogP contribution in [0.15, 0.2) is 35.0 Å². The van der Waals surface area contributed by atoms with E-state index in [1.807, 2.05) is 0 Å². The zero-order valence-corrected chi connectivity index (χ0v) is 13.2. The van der Waals surface area contributed by atoms with E-state index in [4.69, 9.17) is 9.51 Å². The molecule has 2 bridgehead atoms. The minimum atomic E-state index is 0.374. The Morgan fingerprint density at radius 3 is 2.96 bits per heavy atom. The summed E-state index contributed by atoms with van der Waals surface area (Å²) in [5.41, 5.74) is 2.24. The summed E-state index contributed by atoms with van der Waals surface area (Å²) in [6.45, 7) is 1.14. The molecule has 5 nitrogen and oxygen atoms in total. The molecule has 3 atom stereocenters. The Morgan fingerprint density at radius 1 is 1.26 bits per heavy atom. The number of fused-ring (bicyclic) bond motifs is 4. The van der Waals surface area contributed by atoms with Crippen LogP contribution in [0.5, 0.6) is 0 Å². The molecule has 2 aliphatic heterocycles. The molecular formula is C18H20N4O. The summed E-state index contributed by atoms with van der Waals surface area (Å²) in [7, 11) is 2.05. The molecule has 1 N–H and O–H groups in total. The van der Waals surface area contributed by atoms with Crippen molar-refractivity contribution in [2.75, 3.05) is 6.54 Å². The summed E-state index contributed by atoms with van der Waals surface area (Å²) >= 11 is 0. The van der Waals surface area contributed by atoms with Crippen molar-refractivity contribution in [1.82, 2.24) is 20.0 Å². The SMILES string of the molecule is Cn1cc(-c2noc(C3CC4CCC3NC4)n2)c2ccccc21. The van der Waals surface area contributed by atoms with Gasteiger partial charge in [-0.1, -0.05) is 23.4 Å². The van der Waals surface area contributed by atoms with Gasteiger partial charge in [0.25, 0.3) is 0 Å². The Labute approximate surface area is 134 Å². The third-order valence-corrected chi connectivity index (χ3v) is 5.52. The average molecular weight is 308 g/mol. The van der Waals surface area contributed by atoms with E-state index >= 15 is 0 Å². The van der Waals surface area contributed by atoms with Crippen LogP contribution in [0.1, 0.15) is 31.1 Å². The minimum Gasteiger partial charge on any atom is -0.350 e. The molecule has 0 spiro atoms. The molecule has 2 saturated heterocycles. The molecule has 0 radical (unpaired) electrons. The van der Waals surface area contributed by atoms with Gasteiger partial charge >= 0.3 is 0 Å². The van der Waals surface area contributed by atoms with Gasteiger partial charge in [0, 0.05) is 35.8 Å². The van der Waals surface area contributed by atoms with E-state index in [2.05, 4.69) is 52.6 Å². The topological polar surface area (TPSA) is 55.9 Å². The second-order valence-corrected chi connectivity index (χ2v) is 6.93. The molecule has 1 aromatic carbocycles. The quantitative estimate of drug-likeness (QED) is 0.790. The van der Waals surface area contributed by atoms with Crippen LogP contribution in [-0.2, 0) is 7.05 Å². The van der Waals surface area contributed by atoms with Crippen LogP contribution in [0.3, 0.4) is 0 Å². The molecule has 4 heterocycles. The fourth-order valence-electron chi connectivity index (χ4n) is 4.29. The fraction of sp³-hybridized carbons (Fsp3) is 0.444. The number of nitrogens with zero attached hydrogens (tertiary/aromatic N) is 3. The lowest BCUT2D eigenvalue weighted by Gasteiger charge is -2.41. The lowest BCUT2D eigenvalue weighted by Crippen LogP contribution is -2.49. The number of rotatable bonds is 2. The molecule has 2 aromatic heterocycles. The van der Waals surface area contributed by atoms with Gasteiger partial charge in [-0.2, -0.15) is 4.98 Å². The van der Waals surface area contributed by atoms with Crippen molar-refractivity contribution in [2.45, 2.75) is 31.2 Å². The Hall–Kier alpha value is -2.14. The lowest BCUT2D eigenvalue weighted by atomic mass is 9.74. The molecule has 3 aromatic rings. The van der Waals surface area contributed by atoms with Crippen LogP contribution in [-0.4, -0.2) is 27.3 Å². The number of hydrogen-bond donors (Lipinski definition) is 1. The van der Waals surface area contributed by atoms with Crippen molar-refractivity contribution in [3.8, 4) is 11.4 Å². The van der Waals surface area contributed by atoms with Gasteiger partial charge in [0.05, 0.1) is 5.92 Å². The van der Waals surface area contributed by atoms with E-state index in [9.17, 15) is 0 Å². The second kappa shape index (κ2) is 4.93. The van der Waals surface area contributed by atoms with Gasteiger partial charge in [-0.3, -0.25) is 0 Å². The molecule has 3 aliphatic rings. The number of aromatic nitrogens is 3. The van der Waals surface area contributed by atoms with Gasteiger partial charge in [0.15, 0.2) is 0 Å². The van der Waals surface area contributed by atoms with E-state index in [0.717, 1.165) is 23.9 Å². The van der Waals surface area contributed by atoms with Crippen LogP contribution >= 0.6 is 0 Å². The zero-order valence-electron chi connectivity index (χ0n) is 13.2. The average Bonchev–Trinajstić information content (AvgIpc) is 3.21. The molecule has 1 aliphatic carbocycles. The maximum absolute atomic E-state index is 5.66. The van der Waals surface area contributed by atoms with Crippen LogP contribution < -0.4 is 5.32 Å². The van der Waals surface area contributed by atoms with Gasteiger partial charge < -0.3 is 14.4 Å². The van der Waals surface area contributed by atoms with Gasteiger partial charge in [0.1, 0.15) is 0 Å². The van der Waals surface area contributed by atoms with E-state index in [0.29, 0.717) is 17.8 Å². The molecule has 118 valence electrons. The predicted molar refractivity (Wildman–Crippen MR) is 88.1 cm³/mol. The predicted octanol–water partition coefficient (Wildman–Crippen LogP) is 3.08. The van der Waals surface area contributed by atoms with Crippen molar-refractivity contribution in [3.05, 3.63) is 36.4 Å². The Bertz CT molecular complexity index is 857. The fourth-order valence-corrected chi connectivity index (χ4v) is 4.29. The monoisotopic (exact) mass is 308 g/mol. The summed E-state index contributed by atoms with van der Waals surface area (Å²) in [6, 6.07) is 8.84. The van der Waals surface area contributed by atoms with Gasteiger partial charge in [-0.05, 0) is 37.8 Å². The molecule has 6 rings (SSSR count). The molecule has 3 unspecified atom stereocenters. The summed E-state index contributed by atoms with van der Waals surface area (Å²) in [5.74, 6) is 2.64. The number of nitrogens with one attached hydrogen (secondary N) is 1. The number of piperidine rings is 2. The molecule has 3 fully saturated rings. The molecular weight excluding hydrogens is 288 g/mol. The molecule has 1 saturated carbocycles. The Balaban J connectivity index is 1.54. The van der Waals surface area contributed by atoms with Crippen molar-refractivity contribution < 1.29 is 4.52 Å². The highest BCUT2D eigenvalue weighted by Gasteiger charge is 2.39. The highest BCUT2D eigenvalue weighted by Crippen LogP contribution is 2.40. The van der Waals surface area contributed by atoms with Crippen LogP contribution in [0.4, 0.5) is 0 Å². The smallest absolute Gasteiger partial charge is 0.231 e. The van der Waals surface area contributed by atoms with Crippen LogP contribution in [0.2, 0.25) is 0 Å². The third-order valence-electron chi connectivity index (χ3n) is 5.52. The summed E-state index contributed by atoms with van der Waals surface area (Å²) in [4.78, 5) is 4.76. The van der Waals surface area contributed by atoms with Gasteiger partial charge in [-0.25, -0.2) is 0 Å². The van der Waals surface area contributed by atoms with Crippen LogP contribution in [0, 0.1) is 5.92 Å². The van der Waals surface area contributed by atoms with Crippen molar-refractivity contribution in [3.63, 3.8) is 0 Å². The lowest BCUT2D eigenvalue weighted by molar-refractivity contribution is 0.158.